The molecule has 7 rings (SSSR count). The Hall–Kier alpha value is -5.56. The number of carbonyl (C=O) groups excluding carboxylic acids is 1. The third kappa shape index (κ3) is 9.81. The molecule has 296 valence electrons. The highest BCUT2D eigenvalue weighted by Gasteiger charge is 2.31. The molecule has 0 unspecified atom stereocenters. The summed E-state index contributed by atoms with van der Waals surface area (Å²) < 4.78 is 112. The lowest BCUT2D eigenvalue weighted by molar-refractivity contribution is 0.115. The van der Waals surface area contributed by atoms with E-state index in [1.54, 1.807) is 6.92 Å². The Balaban J connectivity index is 0.000000202. The zero-order valence-corrected chi connectivity index (χ0v) is 31.3. The molecule has 25 heteroatoms. The van der Waals surface area contributed by atoms with Gasteiger partial charge < -0.3 is 19.1 Å². The molecule has 5 heterocycles. The number of urea groups is 1. The quantitative estimate of drug-likeness (QED) is 0.148. The van der Waals surface area contributed by atoms with Crippen molar-refractivity contribution in [2.75, 3.05) is 34.8 Å². The zero-order valence-electron chi connectivity index (χ0n) is 28.9. The van der Waals surface area contributed by atoms with Crippen LogP contribution in [0.15, 0.2) is 45.2 Å². The lowest BCUT2D eigenvalue weighted by Crippen LogP contribution is -2.49. The lowest BCUT2D eigenvalue weighted by atomic mass is 10.1. The smallest absolute Gasteiger partial charge is 0.326 e. The standard InChI is InChI=1S/C18H17F3N6O4S2.C13H10F3N5OS/c1-10-22-25-17(32-10)27(18(28)26-4-6-33(29,30)7-5-26)9-12-3-2-11(8-13(12)19)15-23-24-16(31-15)14(20)21;1-6-18-21-13(23-6)17-5-8-3-2-7(4-9(8)14)11-19-20-12(22-11)10(15)16/h2-3,8,14H,4-7,9H2,1H3;2-4,10H,5H2,1H3,(H,17,21). The molecule has 56 heavy (non-hydrogen) atoms. The summed E-state index contributed by atoms with van der Waals surface area (Å²) in [5.41, 5.74) is 0.826. The van der Waals surface area contributed by atoms with Crippen LogP contribution >= 0.6 is 22.7 Å². The predicted molar refractivity (Wildman–Crippen MR) is 188 cm³/mol. The third-order valence-electron chi connectivity index (χ3n) is 7.73. The number of sulfone groups is 1. The van der Waals surface area contributed by atoms with Crippen LogP contribution < -0.4 is 10.2 Å². The van der Waals surface area contributed by atoms with Gasteiger partial charge in [0.25, 0.3) is 11.8 Å². The molecule has 0 aliphatic carbocycles. The van der Waals surface area contributed by atoms with E-state index in [1.807, 2.05) is 6.92 Å². The van der Waals surface area contributed by atoms with Crippen molar-refractivity contribution in [2.24, 2.45) is 0 Å². The Morgan fingerprint density at radius 2 is 1.32 bits per heavy atom. The van der Waals surface area contributed by atoms with Gasteiger partial charge in [0.2, 0.25) is 22.0 Å². The number of rotatable bonds is 10. The SMILES string of the molecule is Cc1nnc(N(Cc2ccc(-c3nnc(C(F)F)o3)cc2F)C(=O)N2CCS(=O)(=O)CC2)s1.Cc1nnc(NCc2ccc(-c3nnc(C(F)F)o3)cc2F)s1. The van der Waals surface area contributed by atoms with Crippen LogP contribution in [-0.2, 0) is 22.9 Å². The number of benzene rings is 2. The van der Waals surface area contributed by atoms with Crippen molar-refractivity contribution in [2.45, 2.75) is 39.8 Å². The van der Waals surface area contributed by atoms with E-state index in [4.69, 9.17) is 8.83 Å². The number of aromatic nitrogens is 8. The molecule has 0 radical (unpaired) electrons. The van der Waals surface area contributed by atoms with Crippen molar-refractivity contribution >= 4 is 48.8 Å². The van der Waals surface area contributed by atoms with Crippen LogP contribution in [0.1, 0.15) is 45.8 Å². The fourth-order valence-electron chi connectivity index (χ4n) is 4.91. The van der Waals surface area contributed by atoms with Crippen LogP contribution in [0.2, 0.25) is 0 Å². The fourth-order valence-corrected chi connectivity index (χ4v) is 7.38. The molecule has 1 fully saturated rings. The molecule has 0 spiro atoms. The number of nitrogens with zero attached hydrogens (tertiary/aromatic N) is 10. The number of amides is 2. The molecule has 6 aromatic rings. The van der Waals surface area contributed by atoms with Gasteiger partial charge in [0.1, 0.15) is 21.6 Å². The zero-order chi connectivity index (χ0) is 40.1. The molecule has 0 atom stereocenters. The topological polar surface area (TPSA) is 199 Å². The predicted octanol–water partition coefficient (Wildman–Crippen LogP) is 6.42. The number of carbonyl (C=O) groups is 1. The van der Waals surface area contributed by atoms with Crippen LogP contribution in [0.5, 0.6) is 0 Å². The first-order valence-electron chi connectivity index (χ1n) is 16.1. The average Bonchev–Trinajstić information content (AvgIpc) is 3.99. The monoisotopic (exact) mass is 843 g/mol. The van der Waals surface area contributed by atoms with Gasteiger partial charge in [-0.25, -0.2) is 22.0 Å². The summed E-state index contributed by atoms with van der Waals surface area (Å²) in [7, 11) is -3.20. The molecule has 2 aromatic carbocycles. The van der Waals surface area contributed by atoms with Crippen molar-refractivity contribution < 1.29 is 48.4 Å². The Labute approximate surface area is 320 Å². The average molecular weight is 844 g/mol. The Kier molecular flexibility index (Phi) is 12.2. The van der Waals surface area contributed by atoms with Crippen LogP contribution in [-0.4, -0.2) is 84.7 Å². The molecule has 1 aliphatic heterocycles. The van der Waals surface area contributed by atoms with Gasteiger partial charge in [-0.05, 0) is 38.1 Å². The summed E-state index contributed by atoms with van der Waals surface area (Å²) in [6, 6.07) is 7.48. The Morgan fingerprint density at radius 1 is 0.786 bits per heavy atom. The summed E-state index contributed by atoms with van der Waals surface area (Å²) in [5, 5.41) is 34.1. The second kappa shape index (κ2) is 17.1. The minimum atomic E-state index is -3.20. The molecule has 1 N–H and O–H groups in total. The van der Waals surface area contributed by atoms with E-state index in [1.165, 1.54) is 45.4 Å². The third-order valence-corrected chi connectivity index (χ3v) is 11.0. The minimum absolute atomic E-state index is 0.0144. The van der Waals surface area contributed by atoms with E-state index >= 15 is 0 Å². The van der Waals surface area contributed by atoms with Gasteiger partial charge in [0.05, 0.1) is 18.1 Å². The number of halogens is 6. The van der Waals surface area contributed by atoms with E-state index in [0.29, 0.717) is 15.7 Å². The fraction of sp³-hybridized carbons (Fsp3) is 0.323. The van der Waals surface area contributed by atoms with Crippen molar-refractivity contribution in [3.63, 3.8) is 0 Å². The molecule has 4 aromatic heterocycles. The van der Waals surface area contributed by atoms with Gasteiger partial charge in [-0.15, -0.1) is 40.8 Å². The van der Waals surface area contributed by atoms with Crippen LogP contribution in [0, 0.1) is 25.5 Å². The summed E-state index contributed by atoms with van der Waals surface area (Å²) in [4.78, 5) is 15.8. The van der Waals surface area contributed by atoms with E-state index in [9.17, 15) is 39.6 Å². The first kappa shape index (κ1) is 40.1. The normalized spacial score (nSPS) is 13.9. The molecule has 2 amide bonds. The molecule has 16 nitrogen and oxygen atoms in total. The highest BCUT2D eigenvalue weighted by Crippen LogP contribution is 2.29. The Morgan fingerprint density at radius 3 is 1.79 bits per heavy atom. The highest BCUT2D eigenvalue weighted by atomic mass is 32.2. The molecule has 0 bridgehead atoms. The van der Waals surface area contributed by atoms with Crippen molar-refractivity contribution in [3.8, 4) is 22.9 Å². The first-order chi connectivity index (χ1) is 26.7. The van der Waals surface area contributed by atoms with Crippen molar-refractivity contribution in [1.82, 2.24) is 45.7 Å². The molecule has 1 saturated heterocycles. The second-order valence-corrected chi connectivity index (χ2v) is 16.3. The number of hydrogen-bond acceptors (Lipinski definition) is 16. The van der Waals surface area contributed by atoms with Crippen LogP contribution in [0.4, 0.5) is 41.4 Å². The van der Waals surface area contributed by atoms with E-state index in [2.05, 4.69) is 46.1 Å². The maximum Gasteiger partial charge on any atom is 0.326 e. The second-order valence-electron chi connectivity index (χ2n) is 11.7. The van der Waals surface area contributed by atoms with E-state index in [-0.39, 0.29) is 71.3 Å². The number of nitrogens with one attached hydrogen (secondary N) is 1. The van der Waals surface area contributed by atoms with Gasteiger partial charge in [-0.2, -0.15) is 17.6 Å². The lowest BCUT2D eigenvalue weighted by Gasteiger charge is -2.31. The summed E-state index contributed by atoms with van der Waals surface area (Å²) >= 11 is 2.49. The number of hydrogen-bond donors (Lipinski definition) is 1. The van der Waals surface area contributed by atoms with Crippen LogP contribution in [0.25, 0.3) is 22.9 Å². The number of aryl methyl sites for hydroxylation is 2. The summed E-state index contributed by atoms with van der Waals surface area (Å²) in [6.45, 7) is 3.55. The van der Waals surface area contributed by atoms with Crippen molar-refractivity contribution in [1.29, 1.82) is 0 Å². The molecular formula is C31H27F6N11O5S3. The number of anilines is 2. The van der Waals surface area contributed by atoms with Gasteiger partial charge in [-0.1, -0.05) is 34.8 Å². The maximum atomic E-state index is 14.9. The van der Waals surface area contributed by atoms with E-state index in [0.717, 1.165) is 28.5 Å². The molecule has 1 aliphatic rings. The van der Waals surface area contributed by atoms with Gasteiger partial charge in [0, 0.05) is 41.9 Å². The number of alkyl halides is 4. The largest absolute Gasteiger partial charge is 0.415 e. The van der Waals surface area contributed by atoms with Gasteiger partial charge >= 0.3 is 18.9 Å². The van der Waals surface area contributed by atoms with Crippen molar-refractivity contribution in [3.05, 3.63) is 81.0 Å². The van der Waals surface area contributed by atoms with E-state index < -0.39 is 52.1 Å². The highest BCUT2D eigenvalue weighted by molar-refractivity contribution is 7.91. The first-order valence-corrected chi connectivity index (χ1v) is 19.5. The van der Waals surface area contributed by atoms with Gasteiger partial charge in [0.15, 0.2) is 9.84 Å². The van der Waals surface area contributed by atoms with Crippen LogP contribution in [0.3, 0.4) is 0 Å². The van der Waals surface area contributed by atoms with Gasteiger partial charge in [-0.3, -0.25) is 4.90 Å². The Bertz CT molecular complexity index is 2410. The summed E-state index contributed by atoms with van der Waals surface area (Å²) in [6.07, 6.45) is -5.81. The molecule has 0 saturated carbocycles. The maximum absolute atomic E-state index is 14.9. The summed E-state index contributed by atoms with van der Waals surface area (Å²) in [5.74, 6) is -3.65. The minimum Gasteiger partial charge on any atom is -0.415 e. The molecular weight excluding hydrogens is 817 g/mol.